The van der Waals surface area contributed by atoms with Gasteiger partial charge in [0.05, 0.1) is 6.54 Å². The van der Waals surface area contributed by atoms with Crippen LogP contribution in [0.5, 0.6) is 0 Å². The van der Waals surface area contributed by atoms with Crippen LogP contribution in [0.2, 0.25) is 0 Å². The highest BCUT2D eigenvalue weighted by Crippen LogP contribution is 2.29. The summed E-state index contributed by atoms with van der Waals surface area (Å²) in [5.41, 5.74) is 0.862. The van der Waals surface area contributed by atoms with E-state index in [1.807, 2.05) is 42.8 Å². The molecule has 1 unspecified atom stereocenters. The molecule has 0 aromatic carbocycles. The van der Waals surface area contributed by atoms with Crippen molar-refractivity contribution in [2.75, 3.05) is 6.54 Å². The molecule has 1 atom stereocenters. The molecule has 0 bridgehead atoms. The molecule has 2 rings (SSSR count). The number of carbonyl (C=O) groups excluding carboxylic acids is 2. The molecule has 0 radical (unpaired) electrons. The molecule has 0 spiro atoms. The van der Waals surface area contributed by atoms with E-state index in [1.165, 1.54) is 22.7 Å². The number of nitrogens with one attached hydrogen (secondary N) is 2. The van der Waals surface area contributed by atoms with Crippen LogP contribution >= 0.6 is 22.7 Å². The first kappa shape index (κ1) is 17.7. The first-order valence-electron chi connectivity index (χ1n) is 7.32. The molecule has 3 N–H and O–H groups in total. The van der Waals surface area contributed by atoms with E-state index in [9.17, 15) is 14.7 Å². The van der Waals surface area contributed by atoms with E-state index in [0.29, 0.717) is 12.5 Å². The first-order chi connectivity index (χ1) is 11.0. The maximum Gasteiger partial charge on any atom is 0.309 e. The summed E-state index contributed by atoms with van der Waals surface area (Å²) in [4.78, 5) is 25.0. The molecule has 0 saturated heterocycles. The fourth-order valence-electron chi connectivity index (χ4n) is 1.86. The van der Waals surface area contributed by atoms with Crippen LogP contribution in [-0.2, 0) is 16.1 Å². The number of carbonyl (C=O) groups is 2. The Hall–Kier alpha value is -1.70. The lowest BCUT2D eigenvalue weighted by Crippen LogP contribution is -2.40. The molecule has 0 saturated carbocycles. The van der Waals surface area contributed by atoms with Crippen molar-refractivity contribution < 1.29 is 14.7 Å². The zero-order valence-electron chi connectivity index (χ0n) is 13.0. The van der Waals surface area contributed by atoms with Gasteiger partial charge in [-0.15, -0.1) is 11.3 Å². The fraction of sp³-hybridized carbons (Fsp3) is 0.375. The maximum absolute atomic E-state index is 11.7. The maximum atomic E-state index is 11.7. The predicted octanol–water partition coefficient (Wildman–Crippen LogP) is 2.28. The Morgan fingerprint density at radius 2 is 1.91 bits per heavy atom. The van der Waals surface area contributed by atoms with Crippen molar-refractivity contribution in [1.29, 1.82) is 0 Å². The lowest BCUT2D eigenvalue weighted by Gasteiger charge is -2.07. The van der Waals surface area contributed by atoms with Gasteiger partial charge in [0.15, 0.2) is 0 Å². The van der Waals surface area contributed by atoms with Crippen LogP contribution in [0.1, 0.15) is 35.3 Å². The van der Waals surface area contributed by atoms with Gasteiger partial charge in [-0.3, -0.25) is 9.59 Å². The van der Waals surface area contributed by atoms with Crippen molar-refractivity contribution in [1.82, 2.24) is 10.6 Å². The van der Waals surface area contributed by atoms with Crippen molar-refractivity contribution in [2.45, 2.75) is 26.5 Å². The van der Waals surface area contributed by atoms with E-state index >= 15 is 0 Å². The molecule has 0 aliphatic carbocycles. The van der Waals surface area contributed by atoms with Gasteiger partial charge in [-0.2, -0.15) is 11.3 Å². The summed E-state index contributed by atoms with van der Waals surface area (Å²) in [6.45, 7) is 4.67. The molecule has 0 aliphatic rings. The molecule has 2 aromatic heterocycles. The lowest BCUT2D eigenvalue weighted by atomic mass is 10.2. The smallest absolute Gasteiger partial charge is 0.309 e. The van der Waals surface area contributed by atoms with Crippen molar-refractivity contribution in [3.05, 3.63) is 44.3 Å². The van der Waals surface area contributed by atoms with Gasteiger partial charge >= 0.3 is 11.8 Å². The van der Waals surface area contributed by atoms with Crippen LogP contribution in [0.15, 0.2) is 29.0 Å². The Morgan fingerprint density at radius 1 is 1.17 bits per heavy atom. The molecule has 2 amide bonds. The molecule has 7 heteroatoms. The number of amides is 2. The summed E-state index contributed by atoms with van der Waals surface area (Å²) in [6.07, 6.45) is -0.648. The Labute approximate surface area is 143 Å². The van der Waals surface area contributed by atoms with E-state index in [-0.39, 0.29) is 6.54 Å². The van der Waals surface area contributed by atoms with Crippen molar-refractivity contribution in [3.63, 3.8) is 0 Å². The standard InChI is InChI=1S/C16H20N2O3S2/c1-10(2)7-17-15(20)16(21)18-8-12-3-4-13(23-12)14(19)11-5-6-22-9-11/h3-6,9-10,14,19H,7-8H2,1-2H3,(H,17,20)(H,18,21). The minimum atomic E-state index is -0.648. The minimum Gasteiger partial charge on any atom is -0.383 e. The summed E-state index contributed by atoms with van der Waals surface area (Å²) in [5, 5.41) is 19.2. The predicted molar refractivity (Wildman–Crippen MR) is 92.4 cm³/mol. The quantitative estimate of drug-likeness (QED) is 0.698. The van der Waals surface area contributed by atoms with Gasteiger partial charge in [0.1, 0.15) is 6.10 Å². The monoisotopic (exact) mass is 352 g/mol. The highest BCUT2D eigenvalue weighted by Gasteiger charge is 2.16. The van der Waals surface area contributed by atoms with E-state index in [2.05, 4.69) is 10.6 Å². The van der Waals surface area contributed by atoms with Crippen molar-refractivity contribution >= 4 is 34.5 Å². The Kier molecular flexibility index (Phi) is 6.32. The van der Waals surface area contributed by atoms with Gasteiger partial charge in [0.2, 0.25) is 0 Å². The van der Waals surface area contributed by atoms with Crippen LogP contribution in [0.25, 0.3) is 0 Å². The fourth-order valence-corrected chi connectivity index (χ4v) is 3.50. The van der Waals surface area contributed by atoms with E-state index in [4.69, 9.17) is 0 Å². The topological polar surface area (TPSA) is 78.4 Å². The minimum absolute atomic E-state index is 0.273. The van der Waals surface area contributed by atoms with Gasteiger partial charge in [0, 0.05) is 16.3 Å². The molecule has 23 heavy (non-hydrogen) atoms. The zero-order chi connectivity index (χ0) is 16.8. The molecule has 0 fully saturated rings. The molecular formula is C16H20N2O3S2. The Balaban J connectivity index is 1.85. The zero-order valence-corrected chi connectivity index (χ0v) is 14.7. The highest BCUT2D eigenvalue weighted by molar-refractivity contribution is 7.12. The SMILES string of the molecule is CC(C)CNC(=O)C(=O)NCc1ccc(C(O)c2ccsc2)s1. The van der Waals surface area contributed by atoms with Crippen molar-refractivity contribution in [2.24, 2.45) is 5.92 Å². The Morgan fingerprint density at radius 3 is 2.57 bits per heavy atom. The Bertz CT molecular complexity index is 650. The van der Waals surface area contributed by atoms with Gasteiger partial charge < -0.3 is 15.7 Å². The number of aliphatic hydroxyl groups excluding tert-OH is 1. The van der Waals surface area contributed by atoms with E-state index < -0.39 is 17.9 Å². The van der Waals surface area contributed by atoms with Gasteiger partial charge in [0.25, 0.3) is 0 Å². The molecule has 0 aliphatic heterocycles. The third-order valence-electron chi connectivity index (χ3n) is 3.11. The number of thiophene rings is 2. The number of rotatable bonds is 6. The highest BCUT2D eigenvalue weighted by atomic mass is 32.1. The first-order valence-corrected chi connectivity index (χ1v) is 9.08. The van der Waals surface area contributed by atoms with Gasteiger partial charge in [-0.1, -0.05) is 13.8 Å². The number of hydrogen-bond acceptors (Lipinski definition) is 5. The number of aliphatic hydroxyl groups is 1. The van der Waals surface area contributed by atoms with Crippen LogP contribution < -0.4 is 10.6 Å². The second-order valence-electron chi connectivity index (χ2n) is 5.55. The van der Waals surface area contributed by atoms with Crippen LogP contribution in [0, 0.1) is 5.92 Å². The number of hydrogen-bond donors (Lipinski definition) is 3. The van der Waals surface area contributed by atoms with Crippen molar-refractivity contribution in [3.8, 4) is 0 Å². The average Bonchev–Trinajstić information content (AvgIpc) is 3.20. The lowest BCUT2D eigenvalue weighted by molar-refractivity contribution is -0.139. The normalized spacial score (nSPS) is 12.2. The summed E-state index contributed by atoms with van der Waals surface area (Å²) in [5.74, 6) is -0.960. The van der Waals surface area contributed by atoms with E-state index in [0.717, 1.165) is 15.3 Å². The molecule has 124 valence electrons. The average molecular weight is 352 g/mol. The van der Waals surface area contributed by atoms with Crippen LogP contribution in [0.3, 0.4) is 0 Å². The third kappa shape index (κ3) is 5.16. The second-order valence-corrected chi connectivity index (χ2v) is 7.53. The van der Waals surface area contributed by atoms with Crippen LogP contribution in [-0.4, -0.2) is 23.5 Å². The molecule has 2 aromatic rings. The van der Waals surface area contributed by atoms with Gasteiger partial charge in [-0.25, -0.2) is 0 Å². The largest absolute Gasteiger partial charge is 0.383 e. The van der Waals surface area contributed by atoms with E-state index in [1.54, 1.807) is 0 Å². The molecule has 2 heterocycles. The van der Waals surface area contributed by atoms with Crippen LogP contribution in [0.4, 0.5) is 0 Å². The molecular weight excluding hydrogens is 332 g/mol. The summed E-state index contributed by atoms with van der Waals surface area (Å²) >= 11 is 2.96. The summed E-state index contributed by atoms with van der Waals surface area (Å²) in [7, 11) is 0. The third-order valence-corrected chi connectivity index (χ3v) is 4.95. The summed E-state index contributed by atoms with van der Waals surface area (Å²) in [6, 6.07) is 5.57. The second kappa shape index (κ2) is 8.24. The van der Waals surface area contributed by atoms with Gasteiger partial charge in [-0.05, 0) is 40.4 Å². The summed E-state index contributed by atoms with van der Waals surface area (Å²) < 4.78 is 0. The molecule has 5 nitrogen and oxygen atoms in total.